The number of ether oxygens (including phenoxy) is 2. The zero-order chi connectivity index (χ0) is 26.1. The van der Waals surface area contributed by atoms with Crippen molar-refractivity contribution in [3.05, 3.63) is 77.1 Å². The third-order valence-corrected chi connectivity index (χ3v) is 5.92. The number of rotatable bonds is 13. The lowest BCUT2D eigenvalue weighted by Crippen LogP contribution is -2.36. The second-order valence-electron chi connectivity index (χ2n) is 8.92. The Balaban J connectivity index is 2.00. The van der Waals surface area contributed by atoms with Crippen molar-refractivity contribution in [1.29, 1.82) is 0 Å². The quantitative estimate of drug-likeness (QED) is 0.320. The van der Waals surface area contributed by atoms with E-state index in [0.29, 0.717) is 43.4 Å². The van der Waals surface area contributed by atoms with Crippen LogP contribution < -0.4 is 9.47 Å². The van der Waals surface area contributed by atoms with Crippen LogP contribution in [0.3, 0.4) is 0 Å². The molecule has 2 aromatic carbocycles. The van der Waals surface area contributed by atoms with Crippen molar-refractivity contribution in [3.8, 4) is 11.5 Å². The molecule has 2 aromatic rings. The van der Waals surface area contributed by atoms with E-state index < -0.39 is 23.5 Å². The van der Waals surface area contributed by atoms with E-state index in [4.69, 9.17) is 9.47 Å². The van der Waals surface area contributed by atoms with Gasteiger partial charge in [-0.25, -0.2) is 0 Å². The van der Waals surface area contributed by atoms with Gasteiger partial charge in [-0.15, -0.1) is 0 Å². The lowest BCUT2D eigenvalue weighted by Gasteiger charge is -2.28. The van der Waals surface area contributed by atoms with Crippen molar-refractivity contribution in [2.24, 2.45) is 0 Å². The van der Waals surface area contributed by atoms with Crippen LogP contribution in [-0.4, -0.2) is 67.0 Å². The highest BCUT2D eigenvalue weighted by Crippen LogP contribution is 2.41. The summed E-state index contributed by atoms with van der Waals surface area (Å²) in [6.45, 7) is 5.92. The Morgan fingerprint density at radius 3 is 2.50 bits per heavy atom. The monoisotopic (exact) mass is 492 g/mol. The summed E-state index contributed by atoms with van der Waals surface area (Å²) in [4.78, 5) is 29.9. The molecular formula is C29H36N2O5. The topological polar surface area (TPSA) is 79.3 Å². The van der Waals surface area contributed by atoms with Gasteiger partial charge in [-0.05, 0) is 56.8 Å². The van der Waals surface area contributed by atoms with Crippen LogP contribution in [0.15, 0.2) is 65.9 Å². The van der Waals surface area contributed by atoms with Crippen LogP contribution in [0, 0.1) is 0 Å². The normalized spacial score (nSPS) is 15.9. The van der Waals surface area contributed by atoms with E-state index in [1.165, 1.54) is 6.08 Å². The van der Waals surface area contributed by atoms with Crippen LogP contribution >= 0.6 is 0 Å². The van der Waals surface area contributed by atoms with Crippen molar-refractivity contribution in [1.82, 2.24) is 9.80 Å². The highest BCUT2D eigenvalue weighted by molar-refractivity contribution is 6.14. The predicted molar refractivity (Wildman–Crippen MR) is 141 cm³/mol. The van der Waals surface area contributed by atoms with Gasteiger partial charge in [0, 0.05) is 13.1 Å². The van der Waals surface area contributed by atoms with Crippen molar-refractivity contribution >= 4 is 17.8 Å². The second kappa shape index (κ2) is 12.9. The summed E-state index contributed by atoms with van der Waals surface area (Å²) in [6.07, 6.45) is 5.02. The van der Waals surface area contributed by atoms with Gasteiger partial charge in [-0.1, -0.05) is 55.8 Å². The number of hydrogen-bond acceptors (Lipinski definition) is 6. The van der Waals surface area contributed by atoms with E-state index in [2.05, 4.69) is 6.92 Å². The highest BCUT2D eigenvalue weighted by atomic mass is 16.5. The molecule has 1 heterocycles. The van der Waals surface area contributed by atoms with Crippen LogP contribution in [0.1, 0.15) is 43.9 Å². The number of ketones is 1. The summed E-state index contributed by atoms with van der Waals surface area (Å²) in [5.41, 5.74) is 1.59. The molecule has 1 N–H and O–H groups in total. The van der Waals surface area contributed by atoms with Gasteiger partial charge >= 0.3 is 0 Å². The third-order valence-electron chi connectivity index (χ3n) is 5.92. The molecule has 7 heteroatoms. The number of allylic oxidation sites excluding steroid dienone is 1. The number of carbonyl (C=O) groups excluding carboxylic acids is 2. The summed E-state index contributed by atoms with van der Waals surface area (Å²) in [7, 11) is 3.82. The maximum absolute atomic E-state index is 13.3. The standard InChI is InChI=1S/C29H36N2O5/c1-5-7-19-36-24-16-14-22(20-25(24)35-6-2)27-26(23(32)15-13-21-11-9-8-10-12-21)28(33)29(34)31(27)18-17-30(3)4/h8-16,20,27,33H,5-7,17-19H2,1-4H3/b15-13+. The van der Waals surface area contributed by atoms with Crippen LogP contribution in [-0.2, 0) is 9.59 Å². The molecule has 0 bridgehead atoms. The minimum atomic E-state index is -0.741. The average Bonchev–Trinajstić information content (AvgIpc) is 3.12. The first-order valence-corrected chi connectivity index (χ1v) is 12.4. The molecule has 7 nitrogen and oxygen atoms in total. The average molecular weight is 493 g/mol. The number of aliphatic hydroxyl groups excluding tert-OH is 1. The molecule has 1 aliphatic heterocycles. The predicted octanol–water partition coefficient (Wildman–Crippen LogP) is 4.80. The highest BCUT2D eigenvalue weighted by Gasteiger charge is 2.43. The Labute approximate surface area is 213 Å². The Morgan fingerprint density at radius 2 is 1.83 bits per heavy atom. The van der Waals surface area contributed by atoms with Crippen LogP contribution in [0.2, 0.25) is 0 Å². The smallest absolute Gasteiger partial charge is 0.290 e. The van der Waals surface area contributed by atoms with E-state index in [1.54, 1.807) is 17.0 Å². The van der Waals surface area contributed by atoms with Gasteiger partial charge < -0.3 is 24.4 Å². The number of carbonyl (C=O) groups is 2. The Bertz CT molecular complexity index is 1110. The molecule has 0 saturated heterocycles. The van der Waals surface area contributed by atoms with E-state index in [0.717, 1.165) is 18.4 Å². The van der Waals surface area contributed by atoms with Crippen molar-refractivity contribution in [3.63, 3.8) is 0 Å². The second-order valence-corrected chi connectivity index (χ2v) is 8.92. The van der Waals surface area contributed by atoms with Crippen molar-refractivity contribution < 1.29 is 24.2 Å². The molecule has 0 aromatic heterocycles. The molecule has 0 radical (unpaired) electrons. The SMILES string of the molecule is CCCCOc1ccc(C2C(C(=O)/C=C/c3ccccc3)=C(O)C(=O)N2CCN(C)C)cc1OCC. The number of hydrogen-bond donors (Lipinski definition) is 1. The maximum atomic E-state index is 13.3. The fraction of sp³-hybridized carbons (Fsp3) is 0.379. The minimum Gasteiger partial charge on any atom is -0.503 e. The van der Waals surface area contributed by atoms with Gasteiger partial charge in [0.25, 0.3) is 5.91 Å². The van der Waals surface area contributed by atoms with Crippen LogP contribution in [0.25, 0.3) is 6.08 Å². The summed E-state index contributed by atoms with van der Waals surface area (Å²) in [5, 5.41) is 10.8. The molecule has 1 amide bonds. The van der Waals surface area contributed by atoms with E-state index >= 15 is 0 Å². The van der Waals surface area contributed by atoms with Crippen molar-refractivity contribution in [2.75, 3.05) is 40.4 Å². The largest absolute Gasteiger partial charge is 0.503 e. The molecule has 1 atom stereocenters. The first-order chi connectivity index (χ1) is 17.4. The fourth-order valence-electron chi connectivity index (χ4n) is 4.02. The molecule has 3 rings (SSSR count). The van der Waals surface area contributed by atoms with E-state index in [1.807, 2.05) is 68.4 Å². The molecule has 1 aliphatic rings. The minimum absolute atomic E-state index is 0.0630. The molecule has 192 valence electrons. The van der Waals surface area contributed by atoms with Gasteiger partial charge in [0.15, 0.2) is 23.0 Å². The lowest BCUT2D eigenvalue weighted by atomic mass is 9.95. The van der Waals surface area contributed by atoms with Gasteiger partial charge in [0.1, 0.15) is 0 Å². The van der Waals surface area contributed by atoms with Gasteiger partial charge in [-0.2, -0.15) is 0 Å². The van der Waals surface area contributed by atoms with Crippen LogP contribution in [0.4, 0.5) is 0 Å². The molecular weight excluding hydrogens is 456 g/mol. The Hall–Kier alpha value is -3.58. The first kappa shape index (κ1) is 27.0. The molecule has 0 aliphatic carbocycles. The number of benzene rings is 2. The van der Waals surface area contributed by atoms with E-state index in [9.17, 15) is 14.7 Å². The molecule has 0 fully saturated rings. The molecule has 0 saturated carbocycles. The number of likely N-dealkylation sites (N-methyl/N-ethyl adjacent to an activating group) is 1. The maximum Gasteiger partial charge on any atom is 0.290 e. The molecule has 36 heavy (non-hydrogen) atoms. The Kier molecular flexibility index (Phi) is 9.70. The third kappa shape index (κ3) is 6.55. The molecule has 0 spiro atoms. The Morgan fingerprint density at radius 1 is 1.08 bits per heavy atom. The van der Waals surface area contributed by atoms with Crippen molar-refractivity contribution in [2.45, 2.75) is 32.7 Å². The first-order valence-electron chi connectivity index (χ1n) is 12.4. The summed E-state index contributed by atoms with van der Waals surface area (Å²) in [6, 6.07) is 14.1. The van der Waals surface area contributed by atoms with Gasteiger partial charge in [0.05, 0.1) is 24.8 Å². The fourth-order valence-corrected chi connectivity index (χ4v) is 4.02. The number of aliphatic hydroxyl groups is 1. The van der Waals surface area contributed by atoms with Gasteiger partial charge in [0.2, 0.25) is 0 Å². The lowest BCUT2D eigenvalue weighted by molar-refractivity contribution is -0.129. The number of unbranched alkanes of at least 4 members (excludes halogenated alkanes) is 1. The summed E-state index contributed by atoms with van der Waals surface area (Å²) >= 11 is 0. The zero-order valence-electron chi connectivity index (χ0n) is 21.6. The summed E-state index contributed by atoms with van der Waals surface area (Å²) in [5.74, 6) is -0.321. The number of nitrogens with zero attached hydrogens (tertiary/aromatic N) is 2. The summed E-state index contributed by atoms with van der Waals surface area (Å²) < 4.78 is 11.7. The zero-order valence-corrected chi connectivity index (χ0v) is 21.6. The number of amides is 1. The van der Waals surface area contributed by atoms with E-state index in [-0.39, 0.29) is 5.57 Å². The van der Waals surface area contributed by atoms with Crippen LogP contribution in [0.5, 0.6) is 11.5 Å². The van der Waals surface area contributed by atoms with Gasteiger partial charge in [-0.3, -0.25) is 9.59 Å². The molecule has 1 unspecified atom stereocenters.